The summed E-state index contributed by atoms with van der Waals surface area (Å²) in [6, 6.07) is 15.3. The van der Waals surface area contributed by atoms with Crippen molar-refractivity contribution in [1.29, 1.82) is 0 Å². The van der Waals surface area contributed by atoms with Crippen LogP contribution in [0.4, 0.5) is 0 Å². The average Bonchev–Trinajstić information content (AvgIpc) is 2.92. The standard InChI is InChI=1S/C19H17ClN2O2/c1-22-16-11-13(20)7-6-12(16)10-17(22)19(23)21-15-8-9-24-18-5-3-2-4-14(15)18/h2-7,10-11,15H,8-9H2,1H3,(H,21,23). The lowest BCUT2D eigenvalue weighted by Crippen LogP contribution is -2.33. The predicted octanol–water partition coefficient (Wildman–Crippen LogP) is 4.09. The van der Waals surface area contributed by atoms with Crippen molar-refractivity contribution in [3.05, 3.63) is 64.8 Å². The van der Waals surface area contributed by atoms with Gasteiger partial charge in [0.05, 0.1) is 12.6 Å². The van der Waals surface area contributed by atoms with Gasteiger partial charge in [-0.15, -0.1) is 0 Å². The fourth-order valence-corrected chi connectivity index (χ4v) is 3.41. The number of fused-ring (bicyclic) bond motifs is 2. The van der Waals surface area contributed by atoms with Crippen LogP contribution < -0.4 is 10.1 Å². The molecule has 0 bridgehead atoms. The quantitative estimate of drug-likeness (QED) is 0.763. The normalized spacial score (nSPS) is 16.5. The third kappa shape index (κ3) is 2.53. The smallest absolute Gasteiger partial charge is 0.268 e. The van der Waals surface area contributed by atoms with Crippen molar-refractivity contribution in [1.82, 2.24) is 9.88 Å². The molecule has 1 aromatic heterocycles. The number of amides is 1. The number of halogens is 1. The van der Waals surface area contributed by atoms with E-state index in [-0.39, 0.29) is 11.9 Å². The third-order valence-corrected chi connectivity index (χ3v) is 4.74. The van der Waals surface area contributed by atoms with Gasteiger partial charge in [-0.3, -0.25) is 4.79 Å². The molecule has 2 aromatic carbocycles. The molecule has 0 radical (unpaired) electrons. The van der Waals surface area contributed by atoms with Crippen molar-refractivity contribution in [3.63, 3.8) is 0 Å². The molecule has 0 spiro atoms. The van der Waals surface area contributed by atoms with Crippen LogP contribution in [0.15, 0.2) is 48.5 Å². The molecule has 1 unspecified atom stereocenters. The largest absolute Gasteiger partial charge is 0.493 e. The van der Waals surface area contributed by atoms with Crippen molar-refractivity contribution in [2.45, 2.75) is 12.5 Å². The van der Waals surface area contributed by atoms with Gasteiger partial charge in [-0.2, -0.15) is 0 Å². The minimum atomic E-state index is -0.0912. The zero-order valence-corrected chi connectivity index (χ0v) is 14.0. The maximum atomic E-state index is 12.8. The highest BCUT2D eigenvalue weighted by Crippen LogP contribution is 2.32. The van der Waals surface area contributed by atoms with Crippen LogP contribution in [-0.2, 0) is 7.05 Å². The molecule has 0 fully saturated rings. The molecule has 3 aromatic rings. The summed E-state index contributed by atoms with van der Waals surface area (Å²) < 4.78 is 7.53. The fourth-order valence-electron chi connectivity index (χ4n) is 3.25. The minimum absolute atomic E-state index is 0.0379. The van der Waals surface area contributed by atoms with E-state index in [4.69, 9.17) is 16.3 Å². The van der Waals surface area contributed by atoms with Gasteiger partial charge in [0.2, 0.25) is 0 Å². The van der Waals surface area contributed by atoms with Gasteiger partial charge < -0.3 is 14.6 Å². The number of nitrogens with zero attached hydrogens (tertiary/aromatic N) is 1. The van der Waals surface area contributed by atoms with Crippen LogP contribution in [0.25, 0.3) is 10.9 Å². The molecule has 1 N–H and O–H groups in total. The predicted molar refractivity (Wildman–Crippen MR) is 94.7 cm³/mol. The lowest BCUT2D eigenvalue weighted by Gasteiger charge is -2.26. The lowest BCUT2D eigenvalue weighted by atomic mass is 10.0. The maximum Gasteiger partial charge on any atom is 0.268 e. The molecule has 4 nitrogen and oxygen atoms in total. The lowest BCUT2D eigenvalue weighted by molar-refractivity contribution is 0.0917. The zero-order chi connectivity index (χ0) is 16.7. The number of carbonyl (C=O) groups excluding carboxylic acids is 1. The Bertz CT molecular complexity index is 932. The van der Waals surface area contributed by atoms with Crippen LogP contribution in [-0.4, -0.2) is 17.1 Å². The molecular weight excluding hydrogens is 324 g/mol. The van der Waals surface area contributed by atoms with E-state index in [2.05, 4.69) is 5.32 Å². The van der Waals surface area contributed by atoms with E-state index >= 15 is 0 Å². The Morgan fingerprint density at radius 3 is 2.96 bits per heavy atom. The van der Waals surface area contributed by atoms with E-state index in [9.17, 15) is 4.79 Å². The molecule has 24 heavy (non-hydrogen) atoms. The summed E-state index contributed by atoms with van der Waals surface area (Å²) in [4.78, 5) is 12.8. The third-order valence-electron chi connectivity index (χ3n) is 4.50. The highest BCUT2D eigenvalue weighted by molar-refractivity contribution is 6.31. The highest BCUT2D eigenvalue weighted by Gasteiger charge is 2.24. The van der Waals surface area contributed by atoms with Gasteiger partial charge in [0.15, 0.2) is 0 Å². The van der Waals surface area contributed by atoms with Gasteiger partial charge in [-0.25, -0.2) is 0 Å². The van der Waals surface area contributed by atoms with Gasteiger partial charge in [0.1, 0.15) is 11.4 Å². The molecule has 0 aliphatic carbocycles. The molecule has 1 aliphatic heterocycles. The van der Waals surface area contributed by atoms with Gasteiger partial charge >= 0.3 is 0 Å². The van der Waals surface area contributed by atoms with Crippen LogP contribution in [0.2, 0.25) is 5.02 Å². The van der Waals surface area contributed by atoms with Crippen molar-refractivity contribution in [2.24, 2.45) is 7.05 Å². The molecule has 2 heterocycles. The number of benzene rings is 2. The number of aryl methyl sites for hydroxylation is 1. The van der Waals surface area contributed by atoms with Gasteiger partial charge in [0, 0.05) is 35.0 Å². The first kappa shape index (κ1) is 15.1. The van der Waals surface area contributed by atoms with Crippen molar-refractivity contribution < 1.29 is 9.53 Å². The number of hydrogen-bond acceptors (Lipinski definition) is 2. The van der Waals surface area contributed by atoms with Crippen LogP contribution >= 0.6 is 11.6 Å². The molecule has 4 rings (SSSR count). The minimum Gasteiger partial charge on any atom is -0.493 e. The second-order valence-corrected chi connectivity index (χ2v) is 6.43. The summed E-state index contributed by atoms with van der Waals surface area (Å²) in [5.74, 6) is 0.754. The molecular formula is C19H17ClN2O2. The van der Waals surface area contributed by atoms with E-state index in [0.29, 0.717) is 17.3 Å². The number of nitrogens with one attached hydrogen (secondary N) is 1. The molecule has 1 amide bonds. The Morgan fingerprint density at radius 2 is 2.08 bits per heavy atom. The first-order valence-corrected chi connectivity index (χ1v) is 8.29. The number of carbonyl (C=O) groups is 1. The Labute approximate surface area is 145 Å². The van der Waals surface area contributed by atoms with Gasteiger partial charge in [-0.05, 0) is 24.3 Å². The van der Waals surface area contributed by atoms with E-state index in [1.807, 2.05) is 60.1 Å². The summed E-state index contributed by atoms with van der Waals surface area (Å²) in [5.41, 5.74) is 2.59. The topological polar surface area (TPSA) is 43.3 Å². The second-order valence-electron chi connectivity index (χ2n) is 5.99. The summed E-state index contributed by atoms with van der Waals surface area (Å²) in [5, 5.41) is 4.80. The number of para-hydroxylation sites is 1. The molecule has 122 valence electrons. The Kier molecular flexibility index (Phi) is 3.69. The second kappa shape index (κ2) is 5.87. The van der Waals surface area contributed by atoms with Gasteiger partial charge in [-0.1, -0.05) is 35.9 Å². The molecule has 0 saturated carbocycles. The maximum absolute atomic E-state index is 12.8. The van der Waals surface area contributed by atoms with Crippen molar-refractivity contribution in [2.75, 3.05) is 6.61 Å². The van der Waals surface area contributed by atoms with Crippen molar-refractivity contribution in [3.8, 4) is 5.75 Å². The first-order chi connectivity index (χ1) is 11.6. The van der Waals surface area contributed by atoms with E-state index < -0.39 is 0 Å². The number of ether oxygens (including phenoxy) is 1. The van der Waals surface area contributed by atoms with E-state index in [0.717, 1.165) is 28.6 Å². The van der Waals surface area contributed by atoms with Crippen LogP contribution in [0.5, 0.6) is 5.75 Å². The van der Waals surface area contributed by atoms with E-state index in [1.165, 1.54) is 0 Å². The summed E-state index contributed by atoms with van der Waals surface area (Å²) in [6.45, 7) is 0.604. The number of hydrogen-bond donors (Lipinski definition) is 1. The average molecular weight is 341 g/mol. The molecule has 1 atom stereocenters. The van der Waals surface area contributed by atoms with Crippen LogP contribution in [0, 0.1) is 0 Å². The molecule has 5 heteroatoms. The van der Waals surface area contributed by atoms with Gasteiger partial charge in [0.25, 0.3) is 5.91 Å². The SMILES string of the molecule is Cn1c(C(=O)NC2CCOc3ccccc32)cc2ccc(Cl)cc21. The van der Waals surface area contributed by atoms with Crippen LogP contribution in [0.3, 0.4) is 0 Å². The van der Waals surface area contributed by atoms with Crippen LogP contribution in [0.1, 0.15) is 28.5 Å². The summed E-state index contributed by atoms with van der Waals surface area (Å²) in [7, 11) is 1.88. The van der Waals surface area contributed by atoms with Crippen molar-refractivity contribution >= 4 is 28.4 Å². The molecule has 1 aliphatic rings. The Balaban J connectivity index is 1.65. The Morgan fingerprint density at radius 1 is 1.25 bits per heavy atom. The highest BCUT2D eigenvalue weighted by atomic mass is 35.5. The molecule has 0 saturated heterocycles. The first-order valence-electron chi connectivity index (χ1n) is 7.91. The summed E-state index contributed by atoms with van der Waals surface area (Å²) >= 11 is 6.06. The zero-order valence-electron chi connectivity index (χ0n) is 13.3. The summed E-state index contributed by atoms with van der Waals surface area (Å²) in [6.07, 6.45) is 0.762. The van der Waals surface area contributed by atoms with E-state index in [1.54, 1.807) is 0 Å². The monoisotopic (exact) mass is 340 g/mol. The fraction of sp³-hybridized carbons (Fsp3) is 0.211. The number of rotatable bonds is 2. The Hall–Kier alpha value is -2.46. The number of aromatic nitrogens is 1.